The second-order valence-electron chi connectivity index (χ2n) is 5.15. The van der Waals surface area contributed by atoms with Crippen molar-refractivity contribution >= 4 is 5.69 Å². The number of hydrogen-bond acceptors (Lipinski definition) is 9. The molecule has 1 aromatic rings. The van der Waals surface area contributed by atoms with Crippen molar-refractivity contribution < 1.29 is 39.2 Å². The molecule has 2 heterocycles. The van der Waals surface area contributed by atoms with Crippen molar-refractivity contribution in [1.82, 2.24) is 0 Å². The van der Waals surface area contributed by atoms with Gasteiger partial charge in [0.05, 0.1) is 29.8 Å². The van der Waals surface area contributed by atoms with Crippen molar-refractivity contribution in [1.29, 1.82) is 0 Å². The molecule has 10 nitrogen and oxygen atoms in total. The molecule has 0 aliphatic carbocycles. The summed E-state index contributed by atoms with van der Waals surface area (Å²) in [5.41, 5.74) is -0.0178. The number of aliphatic hydroxyl groups is 3. The third kappa shape index (κ3) is 3.07. The van der Waals surface area contributed by atoms with E-state index < -0.39 is 29.5 Å². The smallest absolute Gasteiger partial charge is 0.278 e. The zero-order valence-corrected chi connectivity index (χ0v) is 11.8. The van der Waals surface area contributed by atoms with Crippen LogP contribution in [0.5, 0.6) is 11.5 Å². The van der Waals surface area contributed by atoms with Crippen LogP contribution >= 0.6 is 0 Å². The monoisotopic (exact) mass is 329 g/mol. The second kappa shape index (κ2) is 6.26. The number of fused-ring (bicyclic) bond motifs is 1. The van der Waals surface area contributed by atoms with Gasteiger partial charge in [-0.25, -0.2) is 0 Å². The van der Waals surface area contributed by atoms with E-state index in [1.807, 2.05) is 0 Å². The predicted molar refractivity (Wildman–Crippen MR) is 71.8 cm³/mol. The van der Waals surface area contributed by atoms with Crippen LogP contribution in [0.1, 0.15) is 5.56 Å². The van der Waals surface area contributed by atoms with Crippen LogP contribution in [0.2, 0.25) is 0 Å². The van der Waals surface area contributed by atoms with Gasteiger partial charge in [-0.05, 0) is 6.07 Å². The quantitative estimate of drug-likeness (QED) is 0.482. The molecule has 3 rings (SSSR count). The highest BCUT2D eigenvalue weighted by molar-refractivity contribution is 5.55. The highest BCUT2D eigenvalue weighted by Gasteiger charge is 2.38. The van der Waals surface area contributed by atoms with E-state index in [0.717, 1.165) is 0 Å². The van der Waals surface area contributed by atoms with E-state index in [9.17, 15) is 25.4 Å². The largest absolute Gasteiger partial charge is 0.454 e. The van der Waals surface area contributed by atoms with Gasteiger partial charge in [-0.2, -0.15) is 0 Å². The predicted octanol–water partition coefficient (Wildman–Crippen LogP) is -0.721. The minimum absolute atomic E-state index is 0.0225. The summed E-state index contributed by atoms with van der Waals surface area (Å²) in [6.07, 6.45) is -5.31. The normalized spacial score (nSPS) is 29.5. The average Bonchev–Trinajstić information content (AvgIpc) is 2.98. The minimum atomic E-state index is -1.47. The summed E-state index contributed by atoms with van der Waals surface area (Å²) in [7, 11) is 0. The van der Waals surface area contributed by atoms with E-state index in [1.54, 1.807) is 0 Å². The molecule has 126 valence electrons. The SMILES string of the molecule is O=[N+]([O-])c1cc2c(cc1CO[C@H]1OC[C@H](O)[C@H](O)[C@H]1O)OCO2. The topological polar surface area (TPSA) is 141 Å². The highest BCUT2D eigenvalue weighted by atomic mass is 16.7. The zero-order chi connectivity index (χ0) is 16.6. The molecule has 1 fully saturated rings. The van der Waals surface area contributed by atoms with Crippen LogP contribution in [0.25, 0.3) is 0 Å². The van der Waals surface area contributed by atoms with E-state index in [-0.39, 0.29) is 37.0 Å². The van der Waals surface area contributed by atoms with Crippen LogP contribution in [0.15, 0.2) is 12.1 Å². The zero-order valence-electron chi connectivity index (χ0n) is 11.8. The fourth-order valence-electron chi connectivity index (χ4n) is 2.36. The molecule has 0 bridgehead atoms. The Bertz CT molecular complexity index is 607. The van der Waals surface area contributed by atoms with E-state index in [0.29, 0.717) is 5.75 Å². The molecule has 0 radical (unpaired) electrons. The van der Waals surface area contributed by atoms with Crippen LogP contribution in [0.4, 0.5) is 5.69 Å². The lowest BCUT2D eigenvalue weighted by Crippen LogP contribution is -2.53. The third-order valence-corrected chi connectivity index (χ3v) is 3.63. The maximum atomic E-state index is 11.1. The first-order valence-electron chi connectivity index (χ1n) is 6.81. The second-order valence-corrected chi connectivity index (χ2v) is 5.15. The molecule has 3 N–H and O–H groups in total. The first kappa shape index (κ1) is 15.9. The Morgan fingerprint density at radius 2 is 1.91 bits per heavy atom. The molecule has 2 aliphatic rings. The van der Waals surface area contributed by atoms with Crippen molar-refractivity contribution in [2.45, 2.75) is 31.2 Å². The Morgan fingerprint density at radius 3 is 2.61 bits per heavy atom. The van der Waals surface area contributed by atoms with Crippen molar-refractivity contribution in [2.75, 3.05) is 13.4 Å². The van der Waals surface area contributed by atoms with Gasteiger partial charge in [0.1, 0.15) is 18.3 Å². The average molecular weight is 329 g/mol. The number of rotatable bonds is 4. The van der Waals surface area contributed by atoms with Gasteiger partial charge in [0.2, 0.25) is 6.79 Å². The number of hydrogen-bond donors (Lipinski definition) is 3. The molecule has 0 unspecified atom stereocenters. The molecular formula is C13H15NO9. The van der Waals surface area contributed by atoms with E-state index in [1.165, 1.54) is 12.1 Å². The van der Waals surface area contributed by atoms with Gasteiger partial charge in [-0.15, -0.1) is 0 Å². The summed E-state index contributed by atoms with van der Waals surface area (Å²) in [6, 6.07) is 2.65. The molecule has 0 saturated carbocycles. The van der Waals surface area contributed by atoms with Crippen molar-refractivity contribution in [3.8, 4) is 11.5 Å². The van der Waals surface area contributed by atoms with Crippen LogP contribution in [-0.2, 0) is 16.1 Å². The van der Waals surface area contributed by atoms with Gasteiger partial charge in [-0.3, -0.25) is 10.1 Å². The Morgan fingerprint density at radius 1 is 1.22 bits per heavy atom. The standard InChI is InChI=1S/C13H15NO9/c15-8-4-21-13(12(17)11(8)16)20-3-6-1-9-10(23-5-22-9)2-7(6)14(18)19/h1-2,8,11-13,15-17H,3-5H2/t8-,11-,12+,13-/m0/s1. The summed E-state index contributed by atoms with van der Waals surface area (Å²) >= 11 is 0. The Balaban J connectivity index is 1.74. The molecule has 4 atom stereocenters. The van der Waals surface area contributed by atoms with Crippen LogP contribution in [0.3, 0.4) is 0 Å². The van der Waals surface area contributed by atoms with Crippen LogP contribution < -0.4 is 9.47 Å². The maximum absolute atomic E-state index is 11.1. The minimum Gasteiger partial charge on any atom is -0.454 e. The number of nitro groups is 1. The molecule has 0 aromatic heterocycles. The molecule has 10 heteroatoms. The Kier molecular flexibility index (Phi) is 4.33. The van der Waals surface area contributed by atoms with Gasteiger partial charge >= 0.3 is 0 Å². The highest BCUT2D eigenvalue weighted by Crippen LogP contribution is 2.38. The summed E-state index contributed by atoms with van der Waals surface area (Å²) in [5.74, 6) is 0.628. The van der Waals surface area contributed by atoms with Crippen LogP contribution in [-0.4, -0.2) is 58.2 Å². The molecule has 0 spiro atoms. The summed E-state index contributed by atoms with van der Waals surface area (Å²) < 4.78 is 20.6. The fraction of sp³-hybridized carbons (Fsp3) is 0.538. The van der Waals surface area contributed by atoms with E-state index in [2.05, 4.69) is 0 Å². The first-order valence-corrected chi connectivity index (χ1v) is 6.81. The lowest BCUT2D eigenvalue weighted by molar-refractivity contribution is -0.386. The molecular weight excluding hydrogens is 314 g/mol. The summed E-state index contributed by atoms with van der Waals surface area (Å²) in [4.78, 5) is 10.5. The van der Waals surface area contributed by atoms with Gasteiger partial charge in [0, 0.05) is 0 Å². The summed E-state index contributed by atoms with van der Waals surface area (Å²) in [5, 5.41) is 39.9. The van der Waals surface area contributed by atoms with Gasteiger partial charge < -0.3 is 34.3 Å². The van der Waals surface area contributed by atoms with Crippen molar-refractivity contribution in [3.63, 3.8) is 0 Å². The molecule has 0 amide bonds. The third-order valence-electron chi connectivity index (χ3n) is 3.63. The van der Waals surface area contributed by atoms with Crippen LogP contribution in [0, 0.1) is 10.1 Å². The van der Waals surface area contributed by atoms with Gasteiger partial charge in [-0.1, -0.05) is 0 Å². The number of benzene rings is 1. The van der Waals surface area contributed by atoms with Gasteiger partial charge in [0.15, 0.2) is 17.8 Å². The van der Waals surface area contributed by atoms with Gasteiger partial charge in [0.25, 0.3) is 5.69 Å². The van der Waals surface area contributed by atoms with E-state index in [4.69, 9.17) is 18.9 Å². The number of nitro benzene ring substituents is 1. The number of aliphatic hydroxyl groups excluding tert-OH is 3. The van der Waals surface area contributed by atoms with E-state index >= 15 is 0 Å². The molecule has 2 aliphatic heterocycles. The number of nitrogens with zero attached hydrogens (tertiary/aromatic N) is 1. The molecule has 23 heavy (non-hydrogen) atoms. The van der Waals surface area contributed by atoms with Crippen molar-refractivity contribution in [3.05, 3.63) is 27.8 Å². The fourth-order valence-corrected chi connectivity index (χ4v) is 2.36. The lowest BCUT2D eigenvalue weighted by Gasteiger charge is -2.34. The Labute approximate surface area is 129 Å². The first-order chi connectivity index (χ1) is 11.0. The van der Waals surface area contributed by atoms with Crippen molar-refractivity contribution in [2.24, 2.45) is 0 Å². The Hall–Kier alpha value is -1.98. The number of ether oxygens (including phenoxy) is 4. The molecule has 1 aromatic carbocycles. The maximum Gasteiger partial charge on any atom is 0.278 e. The molecule has 1 saturated heterocycles. The summed E-state index contributed by atoms with van der Waals surface area (Å²) in [6.45, 7) is -0.491. The lowest BCUT2D eigenvalue weighted by atomic mass is 10.1.